The Morgan fingerprint density at radius 1 is 1.19 bits per heavy atom. The minimum atomic E-state index is -4.39. The van der Waals surface area contributed by atoms with Gasteiger partial charge in [-0.15, -0.1) is 0 Å². The largest absolute Gasteiger partial charge is 0.408 e. The number of carbonyl (C=O) groups excluding carboxylic acids is 2. The monoisotopic (exact) mass is 499 g/mol. The summed E-state index contributed by atoms with van der Waals surface area (Å²) in [5, 5.41) is 6.62. The van der Waals surface area contributed by atoms with E-state index in [1.54, 1.807) is 29.3 Å². The number of rotatable bonds is 6. The smallest absolute Gasteiger partial charge is 0.319 e. The van der Waals surface area contributed by atoms with Crippen molar-refractivity contribution in [2.45, 2.75) is 31.5 Å². The van der Waals surface area contributed by atoms with E-state index >= 15 is 0 Å². The standard InChI is InChI=1S/C24H24F3N7O2/c1-32-7-8-34(21(35)13-32)17-9-20(22(28-11-17)15-5-6-15)31-23(36)19-4-2-3-18(30-19)16-10-29-33(12-16)14-24(25,26)27/h2-4,9-12,15H,5-8,13-14H2,1H3,(H,31,36). The highest BCUT2D eigenvalue weighted by Crippen LogP contribution is 2.43. The summed E-state index contributed by atoms with van der Waals surface area (Å²) in [7, 11) is 1.89. The molecule has 3 aromatic heterocycles. The van der Waals surface area contributed by atoms with E-state index in [1.165, 1.54) is 18.5 Å². The topological polar surface area (TPSA) is 96.2 Å². The van der Waals surface area contributed by atoms with Gasteiger partial charge in [0.1, 0.15) is 12.2 Å². The molecule has 1 saturated carbocycles. The summed E-state index contributed by atoms with van der Waals surface area (Å²) in [6.45, 7) is 0.353. The Balaban J connectivity index is 1.37. The van der Waals surface area contributed by atoms with Crippen LogP contribution in [0.15, 0.2) is 42.9 Å². The van der Waals surface area contributed by atoms with Crippen LogP contribution in [0.3, 0.4) is 0 Å². The predicted molar refractivity (Wildman–Crippen MR) is 126 cm³/mol. The van der Waals surface area contributed by atoms with Gasteiger partial charge in [0.05, 0.1) is 41.7 Å². The van der Waals surface area contributed by atoms with Crippen LogP contribution in [0.1, 0.15) is 34.9 Å². The van der Waals surface area contributed by atoms with Crippen LogP contribution in [0, 0.1) is 0 Å². The van der Waals surface area contributed by atoms with Gasteiger partial charge in [0, 0.05) is 30.8 Å². The first-order valence-corrected chi connectivity index (χ1v) is 11.5. The van der Waals surface area contributed by atoms with Crippen LogP contribution in [0.25, 0.3) is 11.3 Å². The molecule has 1 saturated heterocycles. The highest BCUT2D eigenvalue weighted by atomic mass is 19.4. The van der Waals surface area contributed by atoms with Crippen molar-refractivity contribution in [2.75, 3.05) is 36.9 Å². The van der Waals surface area contributed by atoms with E-state index in [0.717, 1.165) is 29.8 Å². The molecule has 9 nitrogen and oxygen atoms in total. The average molecular weight is 499 g/mol. The van der Waals surface area contributed by atoms with Crippen LogP contribution in [0.4, 0.5) is 24.5 Å². The molecule has 3 aromatic rings. The van der Waals surface area contributed by atoms with Crippen molar-refractivity contribution in [1.29, 1.82) is 0 Å². The summed E-state index contributed by atoms with van der Waals surface area (Å²) in [6.07, 6.45) is 1.74. The van der Waals surface area contributed by atoms with Gasteiger partial charge >= 0.3 is 6.18 Å². The number of likely N-dealkylation sites (N-methyl/N-ethyl adjacent to an activating group) is 1. The van der Waals surface area contributed by atoms with Gasteiger partial charge in [-0.3, -0.25) is 24.2 Å². The normalized spacial score (nSPS) is 16.9. The molecule has 0 aromatic carbocycles. The van der Waals surface area contributed by atoms with E-state index in [9.17, 15) is 22.8 Å². The maximum Gasteiger partial charge on any atom is 0.408 e. The Morgan fingerprint density at radius 2 is 2.00 bits per heavy atom. The number of aromatic nitrogens is 4. The predicted octanol–water partition coefficient (Wildman–Crippen LogP) is 3.31. The number of hydrogen-bond acceptors (Lipinski definition) is 6. The number of nitrogens with zero attached hydrogens (tertiary/aromatic N) is 6. The number of carbonyl (C=O) groups is 2. The zero-order valence-electron chi connectivity index (χ0n) is 19.5. The lowest BCUT2D eigenvalue weighted by molar-refractivity contribution is -0.142. The first-order valence-electron chi connectivity index (χ1n) is 11.5. The summed E-state index contributed by atoms with van der Waals surface area (Å²) in [6, 6.07) is 6.50. The summed E-state index contributed by atoms with van der Waals surface area (Å²) in [4.78, 5) is 38.2. The number of pyridine rings is 2. The Hall–Kier alpha value is -3.80. The summed E-state index contributed by atoms with van der Waals surface area (Å²) in [5.74, 6) is -0.274. The summed E-state index contributed by atoms with van der Waals surface area (Å²) >= 11 is 0. The summed E-state index contributed by atoms with van der Waals surface area (Å²) < 4.78 is 38.7. The number of hydrogen-bond donors (Lipinski definition) is 1. The molecule has 0 radical (unpaired) electrons. The van der Waals surface area contributed by atoms with Gasteiger partial charge in [0.2, 0.25) is 5.91 Å². The fourth-order valence-electron chi connectivity index (χ4n) is 4.13. The fraction of sp³-hybridized carbons (Fsp3) is 0.375. The van der Waals surface area contributed by atoms with Crippen molar-refractivity contribution >= 4 is 23.2 Å². The number of alkyl halides is 3. The maximum absolute atomic E-state index is 13.1. The molecule has 1 aliphatic carbocycles. The number of anilines is 2. The van der Waals surface area contributed by atoms with E-state index in [0.29, 0.717) is 35.7 Å². The van der Waals surface area contributed by atoms with Crippen LogP contribution in [-0.4, -0.2) is 69.3 Å². The van der Waals surface area contributed by atoms with Crippen LogP contribution < -0.4 is 10.2 Å². The second kappa shape index (κ2) is 9.34. The van der Waals surface area contributed by atoms with Crippen molar-refractivity contribution in [3.63, 3.8) is 0 Å². The van der Waals surface area contributed by atoms with Crippen LogP contribution in [0.5, 0.6) is 0 Å². The minimum Gasteiger partial charge on any atom is -0.319 e. The van der Waals surface area contributed by atoms with Crippen molar-refractivity contribution in [3.8, 4) is 11.3 Å². The highest BCUT2D eigenvalue weighted by Gasteiger charge is 2.31. The zero-order valence-corrected chi connectivity index (χ0v) is 19.5. The first-order chi connectivity index (χ1) is 17.2. The lowest BCUT2D eigenvalue weighted by atomic mass is 10.1. The minimum absolute atomic E-state index is 0.0394. The molecule has 4 heterocycles. The van der Waals surface area contributed by atoms with Gasteiger partial charge in [0.15, 0.2) is 0 Å². The maximum atomic E-state index is 13.1. The molecule has 0 spiro atoms. The van der Waals surface area contributed by atoms with E-state index in [1.807, 2.05) is 11.9 Å². The molecule has 2 fully saturated rings. The molecule has 1 N–H and O–H groups in total. The lowest BCUT2D eigenvalue weighted by Crippen LogP contribution is -2.49. The van der Waals surface area contributed by atoms with Gasteiger partial charge in [-0.1, -0.05) is 6.07 Å². The van der Waals surface area contributed by atoms with Crippen LogP contribution in [-0.2, 0) is 11.3 Å². The Bertz CT molecular complexity index is 1300. The zero-order chi connectivity index (χ0) is 25.4. The number of piperazine rings is 1. The molecule has 0 unspecified atom stereocenters. The van der Waals surface area contributed by atoms with Gasteiger partial charge in [-0.05, 0) is 38.1 Å². The van der Waals surface area contributed by atoms with Crippen molar-refractivity contribution in [1.82, 2.24) is 24.6 Å². The summed E-state index contributed by atoms with van der Waals surface area (Å²) in [5.41, 5.74) is 2.69. The van der Waals surface area contributed by atoms with Crippen molar-refractivity contribution < 1.29 is 22.8 Å². The molecular weight excluding hydrogens is 475 g/mol. The van der Waals surface area contributed by atoms with Gasteiger partial charge in [-0.2, -0.15) is 18.3 Å². The highest BCUT2D eigenvalue weighted by molar-refractivity contribution is 6.04. The average Bonchev–Trinajstić information content (AvgIpc) is 3.56. The molecule has 0 bridgehead atoms. The quantitative estimate of drug-likeness (QED) is 0.559. The first kappa shape index (κ1) is 23.9. The third kappa shape index (κ3) is 5.38. The Kier molecular flexibility index (Phi) is 6.20. The third-order valence-corrected chi connectivity index (χ3v) is 6.09. The molecule has 0 atom stereocenters. The lowest BCUT2D eigenvalue weighted by Gasteiger charge is -2.32. The molecule has 188 valence electrons. The SMILES string of the molecule is CN1CCN(c2cnc(C3CC3)c(NC(=O)c3cccc(-c4cnn(CC(F)(F)F)c4)n3)c2)C(=O)C1. The third-order valence-electron chi connectivity index (χ3n) is 6.09. The number of amides is 2. The van der Waals surface area contributed by atoms with Crippen LogP contribution in [0.2, 0.25) is 0 Å². The molecule has 1 aliphatic heterocycles. The van der Waals surface area contributed by atoms with E-state index in [4.69, 9.17) is 0 Å². The second-order valence-corrected chi connectivity index (χ2v) is 9.09. The number of nitrogens with one attached hydrogen (secondary N) is 1. The second-order valence-electron chi connectivity index (χ2n) is 9.09. The van der Waals surface area contributed by atoms with E-state index < -0.39 is 18.6 Å². The van der Waals surface area contributed by atoms with E-state index in [-0.39, 0.29) is 17.5 Å². The molecule has 36 heavy (non-hydrogen) atoms. The van der Waals surface area contributed by atoms with Crippen molar-refractivity contribution in [2.24, 2.45) is 0 Å². The fourth-order valence-corrected chi connectivity index (χ4v) is 4.13. The molecule has 5 rings (SSSR count). The van der Waals surface area contributed by atoms with Gasteiger partial charge < -0.3 is 10.2 Å². The van der Waals surface area contributed by atoms with Gasteiger partial charge in [-0.25, -0.2) is 4.98 Å². The van der Waals surface area contributed by atoms with Gasteiger partial charge in [0.25, 0.3) is 5.91 Å². The Morgan fingerprint density at radius 3 is 2.72 bits per heavy atom. The number of halogens is 3. The molecule has 2 amide bonds. The molecule has 12 heteroatoms. The van der Waals surface area contributed by atoms with E-state index in [2.05, 4.69) is 20.4 Å². The molecule has 2 aliphatic rings. The van der Waals surface area contributed by atoms with Crippen molar-refractivity contribution in [3.05, 3.63) is 54.2 Å². The molecular formula is C24H24F3N7O2. The Labute approximate surface area is 204 Å². The van der Waals surface area contributed by atoms with Crippen LogP contribution >= 0.6 is 0 Å².